The van der Waals surface area contributed by atoms with Crippen LogP contribution in [-0.2, 0) is 14.3 Å². The normalized spacial score (nSPS) is 10.5. The van der Waals surface area contributed by atoms with Gasteiger partial charge in [-0.15, -0.1) is 0 Å². The Hall–Kier alpha value is -0.650. The zero-order valence-corrected chi connectivity index (χ0v) is 11.1. The summed E-state index contributed by atoms with van der Waals surface area (Å²) in [6.07, 6.45) is 2.77. The van der Waals surface area contributed by atoms with E-state index in [1.54, 1.807) is 7.11 Å². The van der Waals surface area contributed by atoms with Crippen LogP contribution in [0.5, 0.6) is 0 Å². The van der Waals surface area contributed by atoms with E-state index in [0.717, 1.165) is 26.0 Å². The van der Waals surface area contributed by atoms with E-state index in [2.05, 4.69) is 17.6 Å². The lowest BCUT2D eigenvalue weighted by molar-refractivity contribution is -0.121. The summed E-state index contributed by atoms with van der Waals surface area (Å²) in [5.41, 5.74) is 0. The van der Waals surface area contributed by atoms with E-state index >= 15 is 0 Å². The largest absolute Gasteiger partial charge is 0.383 e. The molecule has 0 heterocycles. The maximum atomic E-state index is 11.3. The van der Waals surface area contributed by atoms with Crippen molar-refractivity contribution in [1.29, 1.82) is 0 Å². The van der Waals surface area contributed by atoms with Crippen molar-refractivity contribution in [2.24, 2.45) is 0 Å². The Morgan fingerprint density at radius 2 is 1.94 bits per heavy atom. The van der Waals surface area contributed by atoms with Crippen LogP contribution in [0.1, 0.15) is 26.2 Å². The van der Waals surface area contributed by atoms with Gasteiger partial charge in [0.25, 0.3) is 0 Å². The van der Waals surface area contributed by atoms with Crippen LogP contribution in [0.15, 0.2) is 0 Å². The lowest BCUT2D eigenvalue weighted by Crippen LogP contribution is -2.31. The summed E-state index contributed by atoms with van der Waals surface area (Å²) in [5, 5.41) is 5.93. The number of amides is 1. The summed E-state index contributed by atoms with van der Waals surface area (Å²) >= 11 is 0. The van der Waals surface area contributed by atoms with Gasteiger partial charge in [-0.1, -0.05) is 13.3 Å². The SMILES string of the molecule is CCCCOCCNCCC(=O)NCCOC. The maximum absolute atomic E-state index is 11.3. The van der Waals surface area contributed by atoms with Gasteiger partial charge in [-0.2, -0.15) is 0 Å². The molecule has 0 aliphatic rings. The van der Waals surface area contributed by atoms with Crippen molar-refractivity contribution in [3.8, 4) is 0 Å². The van der Waals surface area contributed by atoms with Crippen molar-refractivity contribution in [2.75, 3.05) is 46.6 Å². The van der Waals surface area contributed by atoms with Crippen LogP contribution < -0.4 is 10.6 Å². The zero-order valence-electron chi connectivity index (χ0n) is 11.1. The molecule has 17 heavy (non-hydrogen) atoms. The second-order valence-corrected chi connectivity index (χ2v) is 3.81. The molecule has 5 heteroatoms. The van der Waals surface area contributed by atoms with Gasteiger partial charge in [0.05, 0.1) is 13.2 Å². The first kappa shape index (κ1) is 16.4. The number of methoxy groups -OCH3 is 1. The molecule has 0 aromatic carbocycles. The molecule has 0 fully saturated rings. The Kier molecular flexibility index (Phi) is 12.9. The Labute approximate surface area is 104 Å². The highest BCUT2D eigenvalue weighted by Gasteiger charge is 1.99. The second-order valence-electron chi connectivity index (χ2n) is 3.81. The number of carbonyl (C=O) groups is 1. The molecule has 0 aliphatic heterocycles. The first-order chi connectivity index (χ1) is 8.31. The van der Waals surface area contributed by atoms with Gasteiger partial charge < -0.3 is 20.1 Å². The van der Waals surface area contributed by atoms with Crippen LogP contribution in [0.4, 0.5) is 0 Å². The molecule has 0 saturated heterocycles. The molecule has 2 N–H and O–H groups in total. The molecule has 0 bridgehead atoms. The first-order valence-electron chi connectivity index (χ1n) is 6.35. The summed E-state index contributed by atoms with van der Waals surface area (Å²) in [7, 11) is 1.62. The fourth-order valence-corrected chi connectivity index (χ4v) is 1.20. The molecular weight excluding hydrogens is 220 g/mol. The Morgan fingerprint density at radius 1 is 1.12 bits per heavy atom. The van der Waals surface area contributed by atoms with Crippen molar-refractivity contribution in [3.05, 3.63) is 0 Å². The van der Waals surface area contributed by atoms with Gasteiger partial charge in [0.2, 0.25) is 5.91 Å². The van der Waals surface area contributed by atoms with Gasteiger partial charge in [0.15, 0.2) is 0 Å². The van der Waals surface area contributed by atoms with Crippen LogP contribution in [0.3, 0.4) is 0 Å². The molecule has 0 aromatic heterocycles. The maximum Gasteiger partial charge on any atom is 0.221 e. The molecule has 0 aliphatic carbocycles. The Morgan fingerprint density at radius 3 is 2.65 bits per heavy atom. The molecule has 1 amide bonds. The highest BCUT2D eigenvalue weighted by atomic mass is 16.5. The molecule has 0 saturated carbocycles. The van der Waals surface area contributed by atoms with E-state index in [1.807, 2.05) is 0 Å². The minimum Gasteiger partial charge on any atom is -0.383 e. The van der Waals surface area contributed by atoms with Gasteiger partial charge in [0, 0.05) is 39.8 Å². The third kappa shape index (κ3) is 13.3. The molecule has 5 nitrogen and oxygen atoms in total. The Bertz CT molecular complexity index is 177. The van der Waals surface area contributed by atoms with Gasteiger partial charge in [0.1, 0.15) is 0 Å². The van der Waals surface area contributed by atoms with E-state index in [1.165, 1.54) is 0 Å². The molecular formula is C12H26N2O3. The Balaban J connectivity index is 3.08. The highest BCUT2D eigenvalue weighted by molar-refractivity contribution is 5.75. The summed E-state index contributed by atoms with van der Waals surface area (Å²) in [6, 6.07) is 0. The third-order valence-electron chi connectivity index (χ3n) is 2.22. The van der Waals surface area contributed by atoms with Gasteiger partial charge in [-0.25, -0.2) is 0 Å². The monoisotopic (exact) mass is 246 g/mol. The smallest absolute Gasteiger partial charge is 0.221 e. The number of hydrogen-bond donors (Lipinski definition) is 2. The minimum absolute atomic E-state index is 0.0569. The van der Waals surface area contributed by atoms with Crippen molar-refractivity contribution in [1.82, 2.24) is 10.6 Å². The summed E-state index contributed by atoms with van der Waals surface area (Å²) in [5.74, 6) is 0.0569. The highest BCUT2D eigenvalue weighted by Crippen LogP contribution is 1.86. The van der Waals surface area contributed by atoms with Crippen LogP contribution in [0.25, 0.3) is 0 Å². The van der Waals surface area contributed by atoms with E-state index in [0.29, 0.717) is 32.7 Å². The average molecular weight is 246 g/mol. The van der Waals surface area contributed by atoms with Crippen LogP contribution in [0.2, 0.25) is 0 Å². The van der Waals surface area contributed by atoms with Crippen LogP contribution in [0, 0.1) is 0 Å². The summed E-state index contributed by atoms with van der Waals surface area (Å²) in [6.45, 7) is 6.32. The number of rotatable bonds is 12. The number of unbranched alkanes of at least 4 members (excludes halogenated alkanes) is 1. The zero-order chi connectivity index (χ0) is 12.8. The number of ether oxygens (including phenoxy) is 2. The van der Waals surface area contributed by atoms with Gasteiger partial charge >= 0.3 is 0 Å². The van der Waals surface area contributed by atoms with Gasteiger partial charge in [-0.3, -0.25) is 4.79 Å². The van der Waals surface area contributed by atoms with Gasteiger partial charge in [-0.05, 0) is 6.42 Å². The second kappa shape index (κ2) is 13.4. The third-order valence-corrected chi connectivity index (χ3v) is 2.22. The average Bonchev–Trinajstić information content (AvgIpc) is 2.33. The van der Waals surface area contributed by atoms with Crippen molar-refractivity contribution in [3.63, 3.8) is 0 Å². The van der Waals surface area contributed by atoms with Crippen molar-refractivity contribution in [2.45, 2.75) is 26.2 Å². The molecule has 102 valence electrons. The van der Waals surface area contributed by atoms with E-state index in [-0.39, 0.29) is 5.91 Å². The lowest BCUT2D eigenvalue weighted by Gasteiger charge is -2.06. The van der Waals surface area contributed by atoms with Crippen LogP contribution >= 0.6 is 0 Å². The molecule has 0 spiro atoms. The molecule has 0 rings (SSSR count). The molecule has 0 radical (unpaired) electrons. The first-order valence-corrected chi connectivity index (χ1v) is 6.35. The summed E-state index contributed by atoms with van der Waals surface area (Å²) < 4.78 is 10.2. The van der Waals surface area contributed by atoms with E-state index in [9.17, 15) is 4.79 Å². The minimum atomic E-state index is 0.0569. The van der Waals surface area contributed by atoms with E-state index < -0.39 is 0 Å². The summed E-state index contributed by atoms with van der Waals surface area (Å²) in [4.78, 5) is 11.3. The predicted molar refractivity (Wildman–Crippen MR) is 68.1 cm³/mol. The fraction of sp³-hybridized carbons (Fsp3) is 0.917. The predicted octanol–water partition coefficient (Wildman–Crippen LogP) is 0.545. The van der Waals surface area contributed by atoms with Crippen molar-refractivity contribution < 1.29 is 14.3 Å². The number of hydrogen-bond acceptors (Lipinski definition) is 4. The standard InChI is InChI=1S/C12H26N2O3/c1-3-4-9-17-11-7-13-6-5-12(15)14-8-10-16-2/h13H,3-11H2,1-2H3,(H,14,15). The number of nitrogens with one attached hydrogen (secondary N) is 2. The van der Waals surface area contributed by atoms with Crippen molar-refractivity contribution >= 4 is 5.91 Å². The molecule has 0 atom stereocenters. The lowest BCUT2D eigenvalue weighted by atomic mass is 10.4. The quantitative estimate of drug-likeness (QED) is 0.494. The fourth-order valence-electron chi connectivity index (χ4n) is 1.20. The van der Waals surface area contributed by atoms with Crippen LogP contribution in [-0.4, -0.2) is 52.5 Å². The van der Waals surface area contributed by atoms with E-state index in [4.69, 9.17) is 9.47 Å². The molecule has 0 aromatic rings. The topological polar surface area (TPSA) is 59.6 Å². The number of carbonyl (C=O) groups excluding carboxylic acids is 1. The molecule has 0 unspecified atom stereocenters.